The van der Waals surface area contributed by atoms with E-state index in [0.29, 0.717) is 6.54 Å². The summed E-state index contributed by atoms with van der Waals surface area (Å²) >= 11 is 0. The van der Waals surface area contributed by atoms with Gasteiger partial charge >= 0.3 is 0 Å². The van der Waals surface area contributed by atoms with Crippen molar-refractivity contribution in [1.29, 1.82) is 0 Å². The van der Waals surface area contributed by atoms with E-state index in [2.05, 4.69) is 42.3 Å². The van der Waals surface area contributed by atoms with Gasteiger partial charge in [-0.2, -0.15) is 0 Å². The maximum Gasteiger partial charge on any atom is 0.224 e. The van der Waals surface area contributed by atoms with E-state index in [-0.39, 0.29) is 42.7 Å². The minimum Gasteiger partial charge on any atom is -0.352 e. The number of benzene rings is 1. The average molecular weight is 376 g/mol. The van der Waals surface area contributed by atoms with Crippen molar-refractivity contribution in [3.63, 3.8) is 0 Å². The Balaban J connectivity index is 0.00000264. The number of hydrogen-bond acceptors (Lipinski definition) is 3. The van der Waals surface area contributed by atoms with Gasteiger partial charge in [0.25, 0.3) is 0 Å². The summed E-state index contributed by atoms with van der Waals surface area (Å²) in [6, 6.07) is 8.39. The molecule has 138 valence electrons. The van der Waals surface area contributed by atoms with Crippen LogP contribution in [0.25, 0.3) is 0 Å². The quantitative estimate of drug-likeness (QED) is 0.769. The first-order chi connectivity index (χ1) is 10.7. The molecule has 24 heavy (non-hydrogen) atoms. The minimum atomic E-state index is -0.00468. The highest BCUT2D eigenvalue weighted by atomic mass is 35.5. The molecule has 0 saturated heterocycles. The van der Waals surface area contributed by atoms with Gasteiger partial charge in [0.1, 0.15) is 0 Å². The van der Waals surface area contributed by atoms with E-state index in [1.165, 1.54) is 11.1 Å². The molecular formula is C18H31Cl2N3O. The summed E-state index contributed by atoms with van der Waals surface area (Å²) in [6.07, 6.45) is 2.96. The molecular weight excluding hydrogens is 345 g/mol. The number of nitrogens with two attached hydrogens (primary N) is 1. The van der Waals surface area contributed by atoms with Crippen molar-refractivity contribution in [3.05, 3.63) is 35.4 Å². The summed E-state index contributed by atoms with van der Waals surface area (Å²) in [4.78, 5) is 14.7. The van der Waals surface area contributed by atoms with Gasteiger partial charge in [-0.15, -0.1) is 24.8 Å². The van der Waals surface area contributed by atoms with Crippen LogP contribution in [0.3, 0.4) is 0 Å². The molecule has 1 aromatic rings. The SMILES string of the molecule is CCN(CC)Cc1ccccc1CNC(=O)C1CCCC1N.Cl.Cl. The predicted molar refractivity (Wildman–Crippen MR) is 105 cm³/mol. The fraction of sp³-hybridized carbons (Fsp3) is 0.611. The van der Waals surface area contributed by atoms with Crippen LogP contribution in [0.15, 0.2) is 24.3 Å². The largest absolute Gasteiger partial charge is 0.352 e. The second-order valence-electron chi connectivity index (χ2n) is 6.15. The lowest BCUT2D eigenvalue weighted by molar-refractivity contribution is -0.125. The topological polar surface area (TPSA) is 58.4 Å². The van der Waals surface area contributed by atoms with Crippen molar-refractivity contribution in [1.82, 2.24) is 10.2 Å². The molecule has 2 unspecified atom stereocenters. The predicted octanol–water partition coefficient (Wildman–Crippen LogP) is 3.12. The van der Waals surface area contributed by atoms with Gasteiger partial charge in [-0.05, 0) is 37.1 Å². The summed E-state index contributed by atoms with van der Waals surface area (Å²) in [5.41, 5.74) is 8.51. The van der Waals surface area contributed by atoms with E-state index in [0.717, 1.165) is 38.9 Å². The van der Waals surface area contributed by atoms with Gasteiger partial charge in [0.05, 0.1) is 5.92 Å². The Morgan fingerprint density at radius 1 is 1.17 bits per heavy atom. The highest BCUT2D eigenvalue weighted by Gasteiger charge is 2.29. The van der Waals surface area contributed by atoms with Gasteiger partial charge in [-0.3, -0.25) is 9.69 Å². The van der Waals surface area contributed by atoms with Gasteiger partial charge in [-0.1, -0.05) is 44.5 Å². The van der Waals surface area contributed by atoms with Crippen molar-refractivity contribution >= 4 is 30.7 Å². The van der Waals surface area contributed by atoms with Crippen LogP contribution in [0.2, 0.25) is 0 Å². The molecule has 2 rings (SSSR count). The summed E-state index contributed by atoms with van der Waals surface area (Å²) < 4.78 is 0. The molecule has 1 aliphatic carbocycles. The normalized spacial score (nSPS) is 19.5. The van der Waals surface area contributed by atoms with Crippen molar-refractivity contribution in [2.24, 2.45) is 11.7 Å². The van der Waals surface area contributed by atoms with E-state index in [4.69, 9.17) is 5.73 Å². The highest BCUT2D eigenvalue weighted by molar-refractivity contribution is 5.85. The van der Waals surface area contributed by atoms with Crippen molar-refractivity contribution < 1.29 is 4.79 Å². The zero-order chi connectivity index (χ0) is 15.9. The molecule has 0 spiro atoms. The smallest absolute Gasteiger partial charge is 0.224 e. The minimum absolute atomic E-state index is 0. The molecule has 0 bridgehead atoms. The molecule has 1 aromatic carbocycles. The first-order valence-electron chi connectivity index (χ1n) is 8.48. The van der Waals surface area contributed by atoms with Crippen LogP contribution in [0.5, 0.6) is 0 Å². The molecule has 4 nitrogen and oxygen atoms in total. The summed E-state index contributed by atoms with van der Waals surface area (Å²) in [5, 5.41) is 3.08. The lowest BCUT2D eigenvalue weighted by atomic mass is 10.0. The number of rotatable bonds is 7. The molecule has 3 N–H and O–H groups in total. The summed E-state index contributed by atoms with van der Waals surface area (Å²) in [5.74, 6) is 0.109. The lowest BCUT2D eigenvalue weighted by Crippen LogP contribution is -2.38. The first kappa shape index (κ1) is 23.2. The van der Waals surface area contributed by atoms with Crippen LogP contribution >= 0.6 is 24.8 Å². The average Bonchev–Trinajstić information content (AvgIpc) is 2.97. The van der Waals surface area contributed by atoms with Crippen molar-refractivity contribution in [2.45, 2.75) is 52.2 Å². The molecule has 1 aliphatic rings. The number of nitrogens with zero attached hydrogens (tertiary/aromatic N) is 1. The summed E-state index contributed by atoms with van der Waals surface area (Å²) in [6.45, 7) is 7.95. The number of nitrogens with one attached hydrogen (secondary N) is 1. The molecule has 2 atom stereocenters. The molecule has 1 fully saturated rings. The van der Waals surface area contributed by atoms with E-state index >= 15 is 0 Å². The van der Waals surface area contributed by atoms with Gasteiger partial charge in [0, 0.05) is 19.1 Å². The molecule has 6 heteroatoms. The Morgan fingerprint density at radius 3 is 2.33 bits per heavy atom. The monoisotopic (exact) mass is 375 g/mol. The molecule has 0 radical (unpaired) electrons. The molecule has 1 amide bonds. The summed E-state index contributed by atoms with van der Waals surface area (Å²) in [7, 11) is 0. The fourth-order valence-corrected chi connectivity index (χ4v) is 3.20. The number of carbonyl (C=O) groups is 1. The van der Waals surface area contributed by atoms with Crippen LogP contribution < -0.4 is 11.1 Å². The van der Waals surface area contributed by atoms with Gasteiger partial charge in [0.15, 0.2) is 0 Å². The zero-order valence-electron chi connectivity index (χ0n) is 14.7. The van der Waals surface area contributed by atoms with Crippen LogP contribution in [0, 0.1) is 5.92 Å². The Kier molecular flexibility index (Phi) is 11.3. The third-order valence-electron chi connectivity index (χ3n) is 4.77. The number of amides is 1. The first-order valence-corrected chi connectivity index (χ1v) is 8.48. The van der Waals surface area contributed by atoms with E-state index < -0.39 is 0 Å². The van der Waals surface area contributed by atoms with E-state index in [9.17, 15) is 4.79 Å². The van der Waals surface area contributed by atoms with Crippen LogP contribution in [0.4, 0.5) is 0 Å². The van der Waals surface area contributed by atoms with Crippen LogP contribution in [0.1, 0.15) is 44.2 Å². The second kappa shape index (κ2) is 11.7. The van der Waals surface area contributed by atoms with Gasteiger partial charge in [0.2, 0.25) is 5.91 Å². The van der Waals surface area contributed by atoms with Crippen LogP contribution in [-0.4, -0.2) is 29.9 Å². The maximum absolute atomic E-state index is 12.3. The molecule has 0 aromatic heterocycles. The van der Waals surface area contributed by atoms with Gasteiger partial charge in [-0.25, -0.2) is 0 Å². The number of halogens is 2. The van der Waals surface area contributed by atoms with Crippen molar-refractivity contribution in [2.75, 3.05) is 13.1 Å². The Hall–Kier alpha value is -0.810. The standard InChI is InChI=1S/C18H29N3O.2ClH/c1-3-21(4-2)13-15-9-6-5-8-14(15)12-20-18(22)16-10-7-11-17(16)19;;/h5-6,8-9,16-17H,3-4,7,10-13,19H2,1-2H3,(H,20,22);2*1H. The Bertz CT molecular complexity index is 495. The molecule has 0 aliphatic heterocycles. The van der Waals surface area contributed by atoms with Crippen molar-refractivity contribution in [3.8, 4) is 0 Å². The zero-order valence-corrected chi connectivity index (χ0v) is 16.3. The fourth-order valence-electron chi connectivity index (χ4n) is 3.20. The van der Waals surface area contributed by atoms with Gasteiger partial charge < -0.3 is 11.1 Å². The van der Waals surface area contributed by atoms with Crippen LogP contribution in [-0.2, 0) is 17.9 Å². The third-order valence-corrected chi connectivity index (χ3v) is 4.77. The number of carbonyl (C=O) groups excluding carboxylic acids is 1. The van der Waals surface area contributed by atoms with E-state index in [1.807, 2.05) is 6.07 Å². The molecule has 1 saturated carbocycles. The maximum atomic E-state index is 12.3. The third kappa shape index (κ3) is 6.25. The lowest BCUT2D eigenvalue weighted by Gasteiger charge is -2.21. The Labute approximate surface area is 158 Å². The number of hydrogen-bond donors (Lipinski definition) is 2. The van der Waals surface area contributed by atoms with E-state index in [1.54, 1.807) is 0 Å². The molecule has 0 heterocycles. The highest BCUT2D eigenvalue weighted by Crippen LogP contribution is 2.24. The second-order valence-corrected chi connectivity index (χ2v) is 6.15. The Morgan fingerprint density at radius 2 is 1.79 bits per heavy atom.